The fourth-order valence-corrected chi connectivity index (χ4v) is 2.51. The Morgan fingerprint density at radius 3 is 2.81 bits per heavy atom. The second-order valence-corrected chi connectivity index (χ2v) is 5.84. The van der Waals surface area contributed by atoms with Gasteiger partial charge in [0.2, 0.25) is 0 Å². The number of nitrogens with one attached hydrogen (secondary N) is 1. The maximum atomic E-state index is 11.9. The number of carbonyl (C=O) groups excluding carboxylic acids is 2. The Morgan fingerprint density at radius 2 is 2.04 bits per heavy atom. The first-order valence-electron chi connectivity index (χ1n) is 7.67. The van der Waals surface area contributed by atoms with Crippen molar-refractivity contribution < 1.29 is 23.8 Å². The lowest BCUT2D eigenvalue weighted by atomic mass is 10.2. The number of para-hydroxylation sites is 1. The normalized spacial score (nSPS) is 10.6. The Bertz CT molecular complexity index is 1030. The minimum atomic E-state index is -0.666. The van der Waals surface area contributed by atoms with Crippen LogP contribution in [0.25, 0.3) is 11.0 Å². The number of rotatable bonds is 6. The number of aromatic nitrogens is 1. The average molecular weight is 390 g/mol. The Labute approximate surface area is 157 Å². The molecule has 27 heavy (non-hydrogen) atoms. The molecule has 0 bridgehead atoms. The van der Waals surface area contributed by atoms with Crippen molar-refractivity contribution in [2.75, 3.05) is 11.9 Å². The maximum Gasteiger partial charge on any atom is 0.312 e. The summed E-state index contributed by atoms with van der Waals surface area (Å²) < 4.78 is 10.00. The van der Waals surface area contributed by atoms with E-state index in [4.69, 9.17) is 20.9 Å². The molecule has 10 heteroatoms. The lowest BCUT2D eigenvalue weighted by molar-refractivity contribution is -0.384. The van der Waals surface area contributed by atoms with Gasteiger partial charge in [0.1, 0.15) is 10.7 Å². The zero-order valence-electron chi connectivity index (χ0n) is 13.7. The van der Waals surface area contributed by atoms with Crippen molar-refractivity contribution in [1.29, 1.82) is 0 Å². The van der Waals surface area contributed by atoms with Crippen molar-refractivity contribution in [2.24, 2.45) is 0 Å². The van der Waals surface area contributed by atoms with Crippen LogP contribution in [0.1, 0.15) is 5.69 Å². The molecular formula is C17H12ClN3O6. The predicted octanol–water partition coefficient (Wildman–Crippen LogP) is 3.11. The quantitative estimate of drug-likeness (QED) is 0.390. The van der Waals surface area contributed by atoms with Crippen molar-refractivity contribution in [3.05, 3.63) is 63.3 Å². The minimum absolute atomic E-state index is 0.0516. The highest BCUT2D eigenvalue weighted by molar-refractivity contribution is 6.32. The molecule has 0 fully saturated rings. The zero-order chi connectivity index (χ0) is 19.4. The van der Waals surface area contributed by atoms with Crippen molar-refractivity contribution in [3.8, 4) is 0 Å². The van der Waals surface area contributed by atoms with E-state index in [-0.39, 0.29) is 22.8 Å². The molecular weight excluding hydrogens is 378 g/mol. The summed E-state index contributed by atoms with van der Waals surface area (Å²) in [4.78, 5) is 34.0. The van der Waals surface area contributed by atoms with Gasteiger partial charge in [-0.15, -0.1) is 0 Å². The van der Waals surface area contributed by atoms with Crippen LogP contribution in [0.2, 0.25) is 5.02 Å². The molecule has 0 aliphatic heterocycles. The van der Waals surface area contributed by atoms with Crippen molar-refractivity contribution in [2.45, 2.75) is 6.42 Å². The summed E-state index contributed by atoms with van der Waals surface area (Å²) >= 11 is 5.70. The number of hydrogen-bond acceptors (Lipinski definition) is 7. The van der Waals surface area contributed by atoms with Crippen molar-refractivity contribution >= 4 is 45.8 Å². The first kappa shape index (κ1) is 18.3. The molecule has 1 N–H and O–H groups in total. The Balaban J connectivity index is 1.55. The van der Waals surface area contributed by atoms with Gasteiger partial charge in [-0.05, 0) is 24.3 Å². The lowest BCUT2D eigenvalue weighted by Gasteiger charge is -2.06. The molecule has 1 amide bonds. The topological polar surface area (TPSA) is 125 Å². The fraction of sp³-hybridized carbons (Fsp3) is 0.118. The van der Waals surface area contributed by atoms with Crippen LogP contribution in [0.4, 0.5) is 11.4 Å². The molecule has 2 aromatic carbocycles. The van der Waals surface area contributed by atoms with Gasteiger partial charge in [-0.2, -0.15) is 0 Å². The van der Waals surface area contributed by atoms with Gasteiger partial charge < -0.3 is 14.6 Å². The first-order chi connectivity index (χ1) is 12.9. The number of esters is 1. The third-order valence-electron chi connectivity index (χ3n) is 3.55. The van der Waals surface area contributed by atoms with E-state index in [0.717, 1.165) is 6.07 Å². The number of ether oxygens (including phenoxy) is 1. The van der Waals surface area contributed by atoms with Gasteiger partial charge in [0.05, 0.1) is 11.3 Å². The number of anilines is 1. The highest BCUT2D eigenvalue weighted by atomic mass is 35.5. The van der Waals surface area contributed by atoms with Gasteiger partial charge in [0.15, 0.2) is 12.2 Å². The number of hydrogen-bond donors (Lipinski definition) is 1. The Hall–Kier alpha value is -3.46. The third kappa shape index (κ3) is 4.39. The molecule has 0 aliphatic carbocycles. The second kappa shape index (κ2) is 7.83. The molecule has 0 saturated heterocycles. The van der Waals surface area contributed by atoms with E-state index in [1.54, 1.807) is 24.3 Å². The highest BCUT2D eigenvalue weighted by Crippen LogP contribution is 2.27. The molecule has 0 unspecified atom stereocenters. The highest BCUT2D eigenvalue weighted by Gasteiger charge is 2.16. The van der Waals surface area contributed by atoms with Crippen LogP contribution >= 0.6 is 11.6 Å². The third-order valence-corrected chi connectivity index (χ3v) is 3.87. The summed E-state index contributed by atoms with van der Waals surface area (Å²) in [6, 6.07) is 10.8. The number of nitrogens with zero attached hydrogens (tertiary/aromatic N) is 2. The van der Waals surface area contributed by atoms with Crippen LogP contribution < -0.4 is 5.32 Å². The molecule has 0 aliphatic rings. The Kier molecular flexibility index (Phi) is 5.32. The molecule has 3 aromatic rings. The van der Waals surface area contributed by atoms with E-state index in [1.165, 1.54) is 12.1 Å². The average Bonchev–Trinajstić information content (AvgIpc) is 3.04. The van der Waals surface area contributed by atoms with Gasteiger partial charge in [-0.25, -0.2) is 0 Å². The molecule has 0 radical (unpaired) electrons. The molecule has 0 saturated carbocycles. The van der Waals surface area contributed by atoms with E-state index < -0.39 is 23.4 Å². The summed E-state index contributed by atoms with van der Waals surface area (Å²) in [5.74, 6) is -1.31. The van der Waals surface area contributed by atoms with Gasteiger partial charge in [-0.1, -0.05) is 28.9 Å². The number of carbonyl (C=O) groups is 2. The molecule has 3 rings (SSSR count). The number of fused-ring (bicyclic) bond motifs is 1. The monoisotopic (exact) mass is 389 g/mol. The number of halogens is 1. The zero-order valence-corrected chi connectivity index (χ0v) is 14.4. The second-order valence-electron chi connectivity index (χ2n) is 5.43. The molecule has 0 atom stereocenters. The van der Waals surface area contributed by atoms with Crippen LogP contribution in [-0.2, 0) is 20.7 Å². The smallest absolute Gasteiger partial charge is 0.312 e. The van der Waals surface area contributed by atoms with Gasteiger partial charge in [0, 0.05) is 17.1 Å². The van der Waals surface area contributed by atoms with Gasteiger partial charge in [0.25, 0.3) is 11.6 Å². The molecule has 1 aromatic heterocycles. The molecule has 1 heterocycles. The van der Waals surface area contributed by atoms with Crippen LogP contribution in [0.5, 0.6) is 0 Å². The number of nitro groups is 1. The summed E-state index contributed by atoms with van der Waals surface area (Å²) in [6.45, 7) is -0.551. The van der Waals surface area contributed by atoms with E-state index in [1.807, 2.05) is 0 Å². The van der Waals surface area contributed by atoms with Crippen molar-refractivity contribution in [1.82, 2.24) is 5.16 Å². The van der Waals surface area contributed by atoms with E-state index in [9.17, 15) is 19.7 Å². The van der Waals surface area contributed by atoms with Gasteiger partial charge in [-0.3, -0.25) is 19.7 Å². The summed E-state index contributed by atoms with van der Waals surface area (Å²) in [5, 5.41) is 17.7. The van der Waals surface area contributed by atoms with Crippen LogP contribution in [0.15, 0.2) is 47.0 Å². The summed E-state index contributed by atoms with van der Waals surface area (Å²) in [7, 11) is 0. The standard InChI is InChI=1S/C17H12ClN3O6/c18-12-6-5-10(7-14(12)21(24)25)19-16(22)9-26-17(23)8-13-11-3-1-2-4-15(11)27-20-13/h1-7H,8-9H2,(H,19,22). The lowest BCUT2D eigenvalue weighted by Crippen LogP contribution is -2.21. The largest absolute Gasteiger partial charge is 0.455 e. The molecule has 9 nitrogen and oxygen atoms in total. The predicted molar refractivity (Wildman–Crippen MR) is 95.4 cm³/mol. The minimum Gasteiger partial charge on any atom is -0.455 e. The van der Waals surface area contributed by atoms with Crippen LogP contribution in [-0.4, -0.2) is 28.6 Å². The van der Waals surface area contributed by atoms with Crippen LogP contribution in [0, 0.1) is 10.1 Å². The first-order valence-corrected chi connectivity index (χ1v) is 8.04. The van der Waals surface area contributed by atoms with Crippen LogP contribution in [0.3, 0.4) is 0 Å². The maximum absolute atomic E-state index is 11.9. The van der Waals surface area contributed by atoms with E-state index in [2.05, 4.69) is 10.5 Å². The SMILES string of the molecule is O=C(COC(=O)Cc1noc2ccccc12)Nc1ccc(Cl)c([N+](=O)[O-])c1. The van der Waals surface area contributed by atoms with E-state index >= 15 is 0 Å². The van der Waals surface area contributed by atoms with E-state index in [0.29, 0.717) is 16.7 Å². The number of benzene rings is 2. The van der Waals surface area contributed by atoms with Crippen molar-refractivity contribution in [3.63, 3.8) is 0 Å². The molecule has 0 spiro atoms. The number of amides is 1. The van der Waals surface area contributed by atoms with Gasteiger partial charge >= 0.3 is 5.97 Å². The molecule has 138 valence electrons. The number of nitro benzene ring substituents is 1. The Morgan fingerprint density at radius 1 is 1.26 bits per heavy atom. The fourth-order valence-electron chi connectivity index (χ4n) is 2.33. The summed E-state index contributed by atoms with van der Waals surface area (Å²) in [5.41, 5.74) is 0.769. The summed E-state index contributed by atoms with van der Waals surface area (Å²) in [6.07, 6.45) is -0.156.